The minimum absolute atomic E-state index is 0.00432. The Labute approximate surface area is 115 Å². The van der Waals surface area contributed by atoms with Crippen LogP contribution in [-0.2, 0) is 0 Å². The summed E-state index contributed by atoms with van der Waals surface area (Å²) in [4.78, 5) is 3.71. The molecule has 2 aromatic rings. The summed E-state index contributed by atoms with van der Waals surface area (Å²) in [6, 6.07) is 5.57. The molecule has 0 bridgehead atoms. The van der Waals surface area contributed by atoms with E-state index in [1.165, 1.54) is 12.3 Å². The third kappa shape index (κ3) is 2.91. The van der Waals surface area contributed by atoms with Crippen LogP contribution in [0.3, 0.4) is 0 Å². The largest absolute Gasteiger partial charge is 0.306 e. The van der Waals surface area contributed by atoms with Gasteiger partial charge in [-0.2, -0.15) is 0 Å². The number of halogens is 3. The third-order valence-corrected chi connectivity index (χ3v) is 3.21. The Bertz CT molecular complexity index is 575. The van der Waals surface area contributed by atoms with Crippen molar-refractivity contribution in [2.45, 2.75) is 13.0 Å². The minimum atomic E-state index is -0.517. The SMILES string of the molecule is CCNC(c1ccncc1F)c1cccc(F)c1Cl. The molecule has 1 aromatic carbocycles. The number of nitrogens with zero attached hydrogens (tertiary/aromatic N) is 1. The van der Waals surface area contributed by atoms with Crippen LogP contribution in [0.1, 0.15) is 24.1 Å². The molecule has 0 saturated heterocycles. The Morgan fingerprint density at radius 2 is 2.00 bits per heavy atom. The van der Waals surface area contributed by atoms with Gasteiger partial charge in [0.25, 0.3) is 0 Å². The second kappa shape index (κ2) is 6.08. The average Bonchev–Trinajstić information content (AvgIpc) is 2.41. The van der Waals surface area contributed by atoms with Gasteiger partial charge in [0.15, 0.2) is 0 Å². The Kier molecular flexibility index (Phi) is 4.45. The van der Waals surface area contributed by atoms with Crippen molar-refractivity contribution >= 4 is 11.6 Å². The van der Waals surface area contributed by atoms with Crippen LogP contribution in [0.4, 0.5) is 8.78 Å². The van der Waals surface area contributed by atoms with Crippen LogP contribution in [-0.4, -0.2) is 11.5 Å². The van der Waals surface area contributed by atoms with E-state index in [0.717, 1.165) is 6.20 Å². The average molecular weight is 283 g/mol. The second-order valence-corrected chi connectivity index (χ2v) is 4.41. The standard InChI is InChI=1S/C14H13ClF2N2/c1-2-19-14(9-6-7-18-8-12(9)17)10-4-3-5-11(16)13(10)15/h3-8,14,19H,2H2,1H3. The van der Waals surface area contributed by atoms with Crippen LogP contribution >= 0.6 is 11.6 Å². The molecule has 100 valence electrons. The monoisotopic (exact) mass is 282 g/mol. The predicted molar refractivity (Wildman–Crippen MR) is 71.1 cm³/mol. The summed E-state index contributed by atoms with van der Waals surface area (Å²) in [5, 5.41) is 3.11. The van der Waals surface area contributed by atoms with E-state index in [1.807, 2.05) is 6.92 Å². The van der Waals surface area contributed by atoms with E-state index >= 15 is 0 Å². The van der Waals surface area contributed by atoms with Crippen LogP contribution in [0.25, 0.3) is 0 Å². The van der Waals surface area contributed by atoms with E-state index in [1.54, 1.807) is 18.2 Å². The van der Waals surface area contributed by atoms with Gasteiger partial charge in [0.05, 0.1) is 17.3 Å². The summed E-state index contributed by atoms with van der Waals surface area (Å²) in [6.07, 6.45) is 2.63. The first-order valence-corrected chi connectivity index (χ1v) is 6.29. The summed E-state index contributed by atoms with van der Waals surface area (Å²) < 4.78 is 27.4. The van der Waals surface area contributed by atoms with E-state index < -0.39 is 17.7 Å². The van der Waals surface area contributed by atoms with E-state index in [0.29, 0.717) is 17.7 Å². The van der Waals surface area contributed by atoms with Gasteiger partial charge in [-0.3, -0.25) is 4.98 Å². The molecule has 0 aliphatic rings. The molecule has 2 rings (SSSR count). The first kappa shape index (κ1) is 13.9. The van der Waals surface area contributed by atoms with Gasteiger partial charge in [-0.05, 0) is 24.2 Å². The number of nitrogens with one attached hydrogen (secondary N) is 1. The Balaban J connectivity index is 2.52. The van der Waals surface area contributed by atoms with Crippen molar-refractivity contribution < 1.29 is 8.78 Å². The van der Waals surface area contributed by atoms with Gasteiger partial charge in [-0.15, -0.1) is 0 Å². The third-order valence-electron chi connectivity index (χ3n) is 2.82. The van der Waals surface area contributed by atoms with Crippen molar-refractivity contribution in [2.75, 3.05) is 6.54 Å². The van der Waals surface area contributed by atoms with E-state index in [-0.39, 0.29) is 5.02 Å². The zero-order chi connectivity index (χ0) is 13.8. The van der Waals surface area contributed by atoms with Gasteiger partial charge in [0, 0.05) is 11.8 Å². The fourth-order valence-electron chi connectivity index (χ4n) is 1.96. The maximum Gasteiger partial charge on any atom is 0.146 e. The van der Waals surface area contributed by atoms with Gasteiger partial charge in [0.1, 0.15) is 11.6 Å². The van der Waals surface area contributed by atoms with Crippen molar-refractivity contribution in [3.8, 4) is 0 Å². The van der Waals surface area contributed by atoms with E-state index in [4.69, 9.17) is 11.6 Å². The molecule has 5 heteroatoms. The molecule has 1 unspecified atom stereocenters. The molecule has 0 radical (unpaired) electrons. The zero-order valence-electron chi connectivity index (χ0n) is 10.3. The summed E-state index contributed by atoms with van der Waals surface area (Å²) in [7, 11) is 0. The summed E-state index contributed by atoms with van der Waals surface area (Å²) in [5.41, 5.74) is 0.901. The van der Waals surface area contributed by atoms with Gasteiger partial charge in [-0.25, -0.2) is 8.78 Å². The maximum atomic E-state index is 13.8. The van der Waals surface area contributed by atoms with Crippen molar-refractivity contribution in [1.82, 2.24) is 10.3 Å². The summed E-state index contributed by atoms with van der Waals surface area (Å²) in [5.74, 6) is -0.967. The molecule has 0 spiro atoms. The van der Waals surface area contributed by atoms with Crippen LogP contribution in [0, 0.1) is 11.6 Å². The first-order chi connectivity index (χ1) is 9.15. The molecule has 0 aliphatic carbocycles. The van der Waals surface area contributed by atoms with Crippen molar-refractivity contribution in [2.24, 2.45) is 0 Å². The normalized spacial score (nSPS) is 12.4. The highest BCUT2D eigenvalue weighted by Gasteiger charge is 2.20. The predicted octanol–water partition coefficient (Wildman–Crippen LogP) is 3.71. The van der Waals surface area contributed by atoms with Crippen LogP contribution < -0.4 is 5.32 Å². The van der Waals surface area contributed by atoms with Gasteiger partial charge in [-0.1, -0.05) is 30.7 Å². The number of hydrogen-bond acceptors (Lipinski definition) is 2. The van der Waals surface area contributed by atoms with Gasteiger partial charge in [0.2, 0.25) is 0 Å². The molecule has 0 fully saturated rings. The fourth-order valence-corrected chi connectivity index (χ4v) is 2.19. The lowest BCUT2D eigenvalue weighted by Gasteiger charge is -2.20. The minimum Gasteiger partial charge on any atom is -0.306 e. The Morgan fingerprint density at radius 1 is 1.21 bits per heavy atom. The van der Waals surface area contributed by atoms with Crippen LogP contribution in [0.15, 0.2) is 36.7 Å². The van der Waals surface area contributed by atoms with Crippen molar-refractivity contribution in [1.29, 1.82) is 0 Å². The molecular formula is C14H13ClF2N2. The number of rotatable bonds is 4. The van der Waals surface area contributed by atoms with Crippen LogP contribution in [0.5, 0.6) is 0 Å². The lowest BCUT2D eigenvalue weighted by atomic mass is 9.99. The number of benzene rings is 1. The van der Waals surface area contributed by atoms with E-state index in [2.05, 4.69) is 10.3 Å². The first-order valence-electron chi connectivity index (χ1n) is 5.91. The molecule has 1 heterocycles. The maximum absolute atomic E-state index is 13.8. The topological polar surface area (TPSA) is 24.9 Å². The highest BCUT2D eigenvalue weighted by Crippen LogP contribution is 2.30. The quantitative estimate of drug-likeness (QED) is 0.925. The molecule has 0 amide bonds. The zero-order valence-corrected chi connectivity index (χ0v) is 11.1. The smallest absolute Gasteiger partial charge is 0.146 e. The molecule has 0 saturated carbocycles. The summed E-state index contributed by atoms with van der Waals surface area (Å²) in [6.45, 7) is 2.48. The van der Waals surface area contributed by atoms with Crippen molar-refractivity contribution in [3.63, 3.8) is 0 Å². The number of pyridine rings is 1. The molecule has 1 N–H and O–H groups in total. The lowest BCUT2D eigenvalue weighted by Crippen LogP contribution is -2.23. The molecule has 0 aliphatic heterocycles. The van der Waals surface area contributed by atoms with Crippen molar-refractivity contribution in [3.05, 3.63) is 64.4 Å². The molecule has 2 nitrogen and oxygen atoms in total. The Hall–Kier alpha value is -1.52. The molecule has 1 aromatic heterocycles. The highest BCUT2D eigenvalue weighted by atomic mass is 35.5. The highest BCUT2D eigenvalue weighted by molar-refractivity contribution is 6.31. The molecule has 19 heavy (non-hydrogen) atoms. The van der Waals surface area contributed by atoms with Gasteiger partial charge < -0.3 is 5.32 Å². The number of hydrogen-bond donors (Lipinski definition) is 1. The van der Waals surface area contributed by atoms with Crippen LogP contribution in [0.2, 0.25) is 5.02 Å². The fraction of sp³-hybridized carbons (Fsp3) is 0.214. The molecule has 1 atom stereocenters. The lowest BCUT2D eigenvalue weighted by molar-refractivity contribution is 0.551. The second-order valence-electron chi connectivity index (χ2n) is 4.03. The van der Waals surface area contributed by atoms with Gasteiger partial charge >= 0.3 is 0 Å². The summed E-state index contributed by atoms with van der Waals surface area (Å²) >= 11 is 5.97. The Morgan fingerprint density at radius 3 is 2.68 bits per heavy atom. The molecular weight excluding hydrogens is 270 g/mol. The number of aromatic nitrogens is 1. The van der Waals surface area contributed by atoms with E-state index in [9.17, 15) is 8.78 Å².